The van der Waals surface area contributed by atoms with Gasteiger partial charge in [-0.1, -0.05) is 35.9 Å². The Labute approximate surface area is 122 Å². The Morgan fingerprint density at radius 1 is 1.15 bits per heavy atom. The molecule has 1 aliphatic rings. The van der Waals surface area contributed by atoms with E-state index in [0.29, 0.717) is 30.2 Å². The first-order valence-corrected chi connectivity index (χ1v) is 6.90. The van der Waals surface area contributed by atoms with Crippen molar-refractivity contribution in [3.63, 3.8) is 0 Å². The number of nitrogens with two attached hydrogens (primary N) is 1. The maximum atomic E-state index is 13.8. The van der Waals surface area contributed by atoms with Gasteiger partial charge in [0.25, 0.3) is 0 Å². The van der Waals surface area contributed by atoms with Crippen LogP contribution in [0.4, 0.5) is 4.39 Å². The zero-order valence-corrected chi connectivity index (χ0v) is 11.7. The van der Waals surface area contributed by atoms with Crippen LogP contribution in [-0.2, 0) is 24.4 Å². The van der Waals surface area contributed by atoms with Gasteiger partial charge in [0.1, 0.15) is 5.82 Å². The summed E-state index contributed by atoms with van der Waals surface area (Å²) in [6, 6.07) is 10.5. The molecule has 2 N–H and O–H groups in total. The fourth-order valence-electron chi connectivity index (χ4n) is 2.46. The van der Waals surface area contributed by atoms with E-state index < -0.39 is 0 Å². The van der Waals surface area contributed by atoms with Gasteiger partial charge in [0, 0.05) is 11.1 Å². The number of benzene rings is 2. The van der Waals surface area contributed by atoms with Crippen molar-refractivity contribution < 1.29 is 9.13 Å². The molecule has 0 saturated carbocycles. The molecule has 0 radical (unpaired) electrons. The molecular weight excluding hydrogens is 277 g/mol. The third-order valence-corrected chi connectivity index (χ3v) is 3.86. The molecular formula is C16H15ClFNO. The number of hydrogen-bond acceptors (Lipinski definition) is 2. The summed E-state index contributed by atoms with van der Waals surface area (Å²) in [6.45, 7) is 1.29. The van der Waals surface area contributed by atoms with Crippen LogP contribution in [0.2, 0.25) is 5.02 Å². The summed E-state index contributed by atoms with van der Waals surface area (Å²) in [5.74, 6) is -0.308. The quantitative estimate of drug-likeness (QED) is 0.935. The van der Waals surface area contributed by atoms with Crippen molar-refractivity contribution in [3.05, 3.63) is 69.5 Å². The van der Waals surface area contributed by atoms with Crippen LogP contribution in [0.25, 0.3) is 0 Å². The third kappa shape index (κ3) is 2.70. The molecule has 0 amide bonds. The van der Waals surface area contributed by atoms with E-state index in [9.17, 15) is 4.39 Å². The monoisotopic (exact) mass is 291 g/mol. The molecule has 0 bridgehead atoms. The van der Waals surface area contributed by atoms with E-state index in [-0.39, 0.29) is 11.9 Å². The van der Waals surface area contributed by atoms with Gasteiger partial charge in [-0.25, -0.2) is 4.39 Å². The molecule has 3 rings (SSSR count). The largest absolute Gasteiger partial charge is 0.372 e. The number of rotatable bonds is 3. The van der Waals surface area contributed by atoms with E-state index >= 15 is 0 Å². The third-order valence-electron chi connectivity index (χ3n) is 3.63. The molecule has 0 spiro atoms. The summed E-state index contributed by atoms with van der Waals surface area (Å²) in [6.07, 6.45) is 0.447. The maximum Gasteiger partial charge on any atom is 0.127 e. The molecule has 2 aromatic carbocycles. The molecule has 0 saturated heterocycles. The first-order chi connectivity index (χ1) is 9.63. The summed E-state index contributed by atoms with van der Waals surface area (Å²) in [5.41, 5.74) is 10.2. The molecule has 0 fully saturated rings. The molecule has 104 valence electrons. The molecule has 4 heteroatoms. The van der Waals surface area contributed by atoms with E-state index in [1.54, 1.807) is 12.1 Å². The van der Waals surface area contributed by atoms with Crippen LogP contribution in [-0.4, -0.2) is 0 Å². The van der Waals surface area contributed by atoms with Crippen LogP contribution in [0, 0.1) is 5.82 Å². The Morgan fingerprint density at radius 3 is 2.75 bits per heavy atom. The minimum absolute atomic E-state index is 0.239. The highest BCUT2D eigenvalue weighted by Gasteiger charge is 2.15. The lowest BCUT2D eigenvalue weighted by atomic mass is 9.96. The number of fused-ring (bicyclic) bond motifs is 1. The fourth-order valence-corrected chi connectivity index (χ4v) is 2.62. The van der Waals surface area contributed by atoms with Gasteiger partial charge in [0.05, 0.1) is 13.2 Å². The Balaban J connectivity index is 1.80. The van der Waals surface area contributed by atoms with E-state index in [4.69, 9.17) is 22.1 Å². The summed E-state index contributed by atoms with van der Waals surface area (Å²) >= 11 is 5.75. The minimum Gasteiger partial charge on any atom is -0.372 e. The lowest BCUT2D eigenvalue weighted by Crippen LogP contribution is -2.14. The maximum absolute atomic E-state index is 13.8. The number of hydrogen-bond donors (Lipinski definition) is 1. The van der Waals surface area contributed by atoms with Gasteiger partial charge in [0.2, 0.25) is 0 Å². The van der Waals surface area contributed by atoms with Crippen molar-refractivity contribution in [2.75, 3.05) is 0 Å². The average molecular weight is 292 g/mol. The smallest absolute Gasteiger partial charge is 0.127 e. The topological polar surface area (TPSA) is 35.2 Å². The lowest BCUT2D eigenvalue weighted by molar-refractivity contribution is 0.134. The molecule has 1 heterocycles. The van der Waals surface area contributed by atoms with Gasteiger partial charge in [-0.05, 0) is 40.8 Å². The highest BCUT2D eigenvalue weighted by atomic mass is 35.5. The summed E-state index contributed by atoms with van der Waals surface area (Å²) in [4.78, 5) is 0. The second kappa shape index (κ2) is 5.52. The van der Waals surface area contributed by atoms with Crippen molar-refractivity contribution in [2.24, 2.45) is 5.73 Å². The van der Waals surface area contributed by atoms with E-state index in [0.717, 1.165) is 5.56 Å². The second-order valence-electron chi connectivity index (χ2n) is 5.07. The van der Waals surface area contributed by atoms with Gasteiger partial charge >= 0.3 is 0 Å². The minimum atomic E-state index is -0.308. The molecule has 2 nitrogen and oxygen atoms in total. The summed E-state index contributed by atoms with van der Waals surface area (Å²) in [5, 5.41) is 0.398. The van der Waals surface area contributed by atoms with Gasteiger partial charge < -0.3 is 10.5 Å². The summed E-state index contributed by atoms with van der Waals surface area (Å²) < 4.78 is 19.2. The standard InChI is InChI=1S/C16H15ClFNO/c17-14-4-3-10(15(18)7-14)6-16(19)11-1-2-12-8-20-9-13(12)5-11/h1-5,7,16H,6,8-9,19H2. The number of ether oxygens (including phenoxy) is 1. The molecule has 0 aromatic heterocycles. The van der Waals surface area contributed by atoms with Crippen LogP contribution >= 0.6 is 11.6 Å². The Hall–Kier alpha value is -1.42. The van der Waals surface area contributed by atoms with E-state index in [1.807, 2.05) is 12.1 Å². The van der Waals surface area contributed by atoms with Crippen molar-refractivity contribution in [3.8, 4) is 0 Å². The van der Waals surface area contributed by atoms with Gasteiger partial charge in [-0.3, -0.25) is 0 Å². The van der Waals surface area contributed by atoms with Crippen molar-refractivity contribution in [2.45, 2.75) is 25.7 Å². The van der Waals surface area contributed by atoms with Gasteiger partial charge in [-0.15, -0.1) is 0 Å². The van der Waals surface area contributed by atoms with Crippen molar-refractivity contribution in [1.82, 2.24) is 0 Å². The van der Waals surface area contributed by atoms with Crippen LogP contribution in [0.5, 0.6) is 0 Å². The second-order valence-corrected chi connectivity index (χ2v) is 5.50. The molecule has 1 aliphatic heterocycles. The Bertz CT molecular complexity index is 644. The molecule has 1 unspecified atom stereocenters. The van der Waals surface area contributed by atoms with Gasteiger partial charge in [0.15, 0.2) is 0 Å². The van der Waals surface area contributed by atoms with E-state index in [2.05, 4.69) is 6.07 Å². The Kier molecular flexibility index (Phi) is 3.74. The SMILES string of the molecule is NC(Cc1ccc(Cl)cc1F)c1ccc2c(c1)COC2. The van der Waals surface area contributed by atoms with Crippen molar-refractivity contribution >= 4 is 11.6 Å². The van der Waals surface area contributed by atoms with Crippen LogP contribution in [0.3, 0.4) is 0 Å². The molecule has 20 heavy (non-hydrogen) atoms. The zero-order chi connectivity index (χ0) is 14.1. The first-order valence-electron chi connectivity index (χ1n) is 6.52. The van der Waals surface area contributed by atoms with Crippen LogP contribution in [0.1, 0.15) is 28.3 Å². The molecule has 1 atom stereocenters. The van der Waals surface area contributed by atoms with E-state index in [1.165, 1.54) is 17.2 Å². The highest BCUT2D eigenvalue weighted by Crippen LogP contribution is 2.25. The molecule has 2 aromatic rings. The van der Waals surface area contributed by atoms with Crippen LogP contribution in [0.15, 0.2) is 36.4 Å². The predicted octanol–water partition coefficient (Wildman–Crippen LogP) is 3.75. The van der Waals surface area contributed by atoms with Crippen molar-refractivity contribution in [1.29, 1.82) is 0 Å². The fraction of sp³-hybridized carbons (Fsp3) is 0.250. The molecule has 0 aliphatic carbocycles. The highest BCUT2D eigenvalue weighted by molar-refractivity contribution is 6.30. The summed E-state index contributed by atoms with van der Waals surface area (Å²) in [7, 11) is 0. The Morgan fingerprint density at radius 2 is 1.95 bits per heavy atom. The average Bonchev–Trinajstić information content (AvgIpc) is 2.89. The normalized spacial score (nSPS) is 15.2. The van der Waals surface area contributed by atoms with Crippen LogP contribution < -0.4 is 5.73 Å². The zero-order valence-electron chi connectivity index (χ0n) is 10.9. The predicted molar refractivity (Wildman–Crippen MR) is 77.0 cm³/mol. The lowest BCUT2D eigenvalue weighted by Gasteiger charge is -2.14. The first kappa shape index (κ1) is 13.6. The van der Waals surface area contributed by atoms with Gasteiger partial charge in [-0.2, -0.15) is 0 Å². The number of halogens is 2.